The van der Waals surface area contributed by atoms with E-state index in [1.165, 1.54) is 6.92 Å². The number of hydrogen-bond donors (Lipinski definition) is 1. The summed E-state index contributed by atoms with van der Waals surface area (Å²) in [5.74, 6) is -0.991. The maximum Gasteiger partial charge on any atom is 0.355 e. The van der Waals surface area contributed by atoms with Gasteiger partial charge in [0.1, 0.15) is 5.69 Å². The first-order valence-corrected chi connectivity index (χ1v) is 6.74. The molecule has 0 saturated carbocycles. The van der Waals surface area contributed by atoms with Crippen molar-refractivity contribution in [2.45, 2.75) is 13.0 Å². The van der Waals surface area contributed by atoms with Gasteiger partial charge in [-0.05, 0) is 31.2 Å². The standard InChI is InChI=1S/C15H15ClN2O3/c1-10(21-15(20)13-8-5-9-18(13)2)14(19)17-12-7-4-3-6-11(12)16/h3-10H,1-2H3,(H,17,19)/t10-/m1/s1. The van der Waals surface area contributed by atoms with Gasteiger partial charge in [-0.2, -0.15) is 0 Å². The SMILES string of the molecule is C[C@@H](OC(=O)c1cccn1C)C(=O)Nc1ccccc1Cl. The molecule has 1 aromatic carbocycles. The van der Waals surface area contributed by atoms with Crippen LogP contribution in [-0.4, -0.2) is 22.5 Å². The average molecular weight is 307 g/mol. The lowest BCUT2D eigenvalue weighted by Crippen LogP contribution is -2.30. The second-order valence-corrected chi connectivity index (χ2v) is 4.93. The quantitative estimate of drug-likeness (QED) is 0.884. The van der Waals surface area contributed by atoms with Crippen LogP contribution in [0.2, 0.25) is 5.02 Å². The number of esters is 1. The molecule has 1 atom stereocenters. The van der Waals surface area contributed by atoms with Crippen molar-refractivity contribution >= 4 is 29.2 Å². The topological polar surface area (TPSA) is 60.3 Å². The lowest BCUT2D eigenvalue weighted by atomic mass is 10.3. The van der Waals surface area contributed by atoms with Gasteiger partial charge in [-0.15, -0.1) is 0 Å². The highest BCUT2D eigenvalue weighted by atomic mass is 35.5. The molecule has 0 bridgehead atoms. The van der Waals surface area contributed by atoms with E-state index in [1.807, 2.05) is 0 Å². The van der Waals surface area contributed by atoms with E-state index in [2.05, 4.69) is 5.32 Å². The van der Waals surface area contributed by atoms with Gasteiger partial charge >= 0.3 is 5.97 Å². The molecule has 2 aromatic rings. The fourth-order valence-corrected chi connectivity index (χ4v) is 1.93. The lowest BCUT2D eigenvalue weighted by molar-refractivity contribution is -0.123. The Labute approximate surface area is 127 Å². The summed E-state index contributed by atoms with van der Waals surface area (Å²) in [6.07, 6.45) is 0.800. The van der Waals surface area contributed by atoms with Crippen LogP contribution in [0.15, 0.2) is 42.6 Å². The molecule has 1 aromatic heterocycles. The molecule has 21 heavy (non-hydrogen) atoms. The molecule has 0 radical (unpaired) electrons. The van der Waals surface area contributed by atoms with Gasteiger partial charge in [-0.1, -0.05) is 23.7 Å². The molecule has 0 fully saturated rings. The molecule has 1 heterocycles. The van der Waals surface area contributed by atoms with Crippen LogP contribution in [0.5, 0.6) is 0 Å². The summed E-state index contributed by atoms with van der Waals surface area (Å²) in [5.41, 5.74) is 0.860. The number of nitrogens with one attached hydrogen (secondary N) is 1. The molecular formula is C15H15ClN2O3. The van der Waals surface area contributed by atoms with Gasteiger partial charge in [0, 0.05) is 13.2 Å². The molecular weight excluding hydrogens is 292 g/mol. The van der Waals surface area contributed by atoms with Gasteiger partial charge in [-0.3, -0.25) is 4.79 Å². The fourth-order valence-electron chi connectivity index (χ4n) is 1.74. The molecule has 0 aliphatic rings. The molecule has 0 aliphatic carbocycles. The third kappa shape index (κ3) is 3.64. The molecule has 0 aliphatic heterocycles. The predicted octanol–water partition coefficient (Wildman–Crippen LogP) is 2.86. The molecule has 1 N–H and O–H groups in total. The number of rotatable bonds is 4. The summed E-state index contributed by atoms with van der Waals surface area (Å²) >= 11 is 5.95. The third-order valence-electron chi connectivity index (χ3n) is 2.94. The Hall–Kier alpha value is -2.27. The molecule has 5 nitrogen and oxygen atoms in total. The van der Waals surface area contributed by atoms with E-state index in [9.17, 15) is 9.59 Å². The number of halogens is 1. The van der Waals surface area contributed by atoms with E-state index in [0.717, 1.165) is 0 Å². The van der Waals surface area contributed by atoms with Crippen molar-refractivity contribution in [1.29, 1.82) is 0 Å². The molecule has 0 spiro atoms. The normalized spacial score (nSPS) is 11.8. The van der Waals surface area contributed by atoms with Crippen molar-refractivity contribution in [3.8, 4) is 0 Å². The predicted molar refractivity (Wildman–Crippen MR) is 80.4 cm³/mol. The van der Waals surface area contributed by atoms with Crippen LogP contribution < -0.4 is 5.32 Å². The first-order valence-electron chi connectivity index (χ1n) is 6.36. The van der Waals surface area contributed by atoms with E-state index in [4.69, 9.17) is 16.3 Å². The summed E-state index contributed by atoms with van der Waals surface area (Å²) < 4.78 is 6.76. The van der Waals surface area contributed by atoms with Gasteiger partial charge in [0.15, 0.2) is 6.10 Å². The minimum Gasteiger partial charge on any atom is -0.448 e. The van der Waals surface area contributed by atoms with Crippen molar-refractivity contribution in [2.75, 3.05) is 5.32 Å². The minimum atomic E-state index is -0.927. The van der Waals surface area contributed by atoms with Crippen molar-refractivity contribution in [2.24, 2.45) is 7.05 Å². The highest BCUT2D eigenvalue weighted by Gasteiger charge is 2.20. The Morgan fingerprint density at radius 3 is 2.57 bits per heavy atom. The largest absolute Gasteiger partial charge is 0.448 e. The molecule has 6 heteroatoms. The first kappa shape index (κ1) is 15.1. The first-order chi connectivity index (χ1) is 9.99. The molecule has 0 unspecified atom stereocenters. The maximum atomic E-state index is 12.0. The van der Waals surface area contributed by atoms with Crippen LogP contribution in [0.3, 0.4) is 0 Å². The van der Waals surface area contributed by atoms with Crippen molar-refractivity contribution in [1.82, 2.24) is 4.57 Å². The highest BCUT2D eigenvalue weighted by Crippen LogP contribution is 2.20. The molecule has 110 valence electrons. The number of para-hydroxylation sites is 1. The number of carbonyl (C=O) groups excluding carboxylic acids is 2. The van der Waals surface area contributed by atoms with Gasteiger partial charge in [-0.25, -0.2) is 4.79 Å². The number of carbonyl (C=O) groups is 2. The number of ether oxygens (including phenoxy) is 1. The number of aromatic nitrogens is 1. The van der Waals surface area contributed by atoms with Gasteiger partial charge < -0.3 is 14.6 Å². The van der Waals surface area contributed by atoms with Crippen LogP contribution in [0.4, 0.5) is 5.69 Å². The van der Waals surface area contributed by atoms with Gasteiger partial charge in [0.05, 0.1) is 10.7 Å². The summed E-state index contributed by atoms with van der Waals surface area (Å²) in [5, 5.41) is 3.04. The number of benzene rings is 1. The monoisotopic (exact) mass is 306 g/mol. The van der Waals surface area contributed by atoms with Gasteiger partial charge in [0.2, 0.25) is 0 Å². The number of aryl methyl sites for hydroxylation is 1. The van der Waals surface area contributed by atoms with Crippen molar-refractivity contribution < 1.29 is 14.3 Å². The van der Waals surface area contributed by atoms with Crippen LogP contribution in [-0.2, 0) is 16.6 Å². The summed E-state index contributed by atoms with van der Waals surface area (Å²) in [4.78, 5) is 23.9. The minimum absolute atomic E-state index is 0.382. The zero-order valence-corrected chi connectivity index (χ0v) is 12.4. The summed E-state index contributed by atoms with van der Waals surface area (Å²) in [6.45, 7) is 1.51. The molecule has 1 amide bonds. The van der Waals surface area contributed by atoms with E-state index in [0.29, 0.717) is 16.4 Å². The Balaban J connectivity index is 1.99. The zero-order valence-electron chi connectivity index (χ0n) is 11.7. The molecule has 2 rings (SSSR count). The number of amides is 1. The van der Waals surface area contributed by atoms with Crippen molar-refractivity contribution in [3.63, 3.8) is 0 Å². The van der Waals surface area contributed by atoms with E-state index in [1.54, 1.807) is 54.2 Å². The maximum absolute atomic E-state index is 12.0. The highest BCUT2D eigenvalue weighted by molar-refractivity contribution is 6.33. The lowest BCUT2D eigenvalue weighted by Gasteiger charge is -2.14. The van der Waals surface area contributed by atoms with E-state index < -0.39 is 18.0 Å². The average Bonchev–Trinajstić information content (AvgIpc) is 2.87. The number of nitrogens with zero attached hydrogens (tertiary/aromatic N) is 1. The number of anilines is 1. The van der Waals surface area contributed by atoms with Crippen LogP contribution in [0.1, 0.15) is 17.4 Å². The van der Waals surface area contributed by atoms with Crippen LogP contribution in [0.25, 0.3) is 0 Å². The molecule has 0 saturated heterocycles. The summed E-state index contributed by atoms with van der Waals surface area (Å²) in [6, 6.07) is 10.2. The second-order valence-electron chi connectivity index (χ2n) is 4.52. The smallest absolute Gasteiger partial charge is 0.355 e. The Morgan fingerprint density at radius 2 is 1.95 bits per heavy atom. The van der Waals surface area contributed by atoms with Crippen LogP contribution >= 0.6 is 11.6 Å². The summed E-state index contributed by atoms with van der Waals surface area (Å²) in [7, 11) is 1.73. The zero-order chi connectivity index (χ0) is 15.4. The third-order valence-corrected chi connectivity index (χ3v) is 3.27. The van der Waals surface area contributed by atoms with Crippen molar-refractivity contribution in [3.05, 3.63) is 53.3 Å². The van der Waals surface area contributed by atoms with E-state index in [-0.39, 0.29) is 0 Å². The van der Waals surface area contributed by atoms with Crippen LogP contribution in [0, 0.1) is 0 Å². The number of hydrogen-bond acceptors (Lipinski definition) is 3. The van der Waals surface area contributed by atoms with E-state index >= 15 is 0 Å². The Kier molecular flexibility index (Phi) is 4.65. The fraction of sp³-hybridized carbons (Fsp3) is 0.200. The second kappa shape index (κ2) is 6.45. The Morgan fingerprint density at radius 1 is 1.24 bits per heavy atom. The Bertz CT molecular complexity index is 666. The van der Waals surface area contributed by atoms with Gasteiger partial charge in [0.25, 0.3) is 5.91 Å².